The van der Waals surface area contributed by atoms with Gasteiger partial charge in [0.05, 0.1) is 0 Å². The minimum absolute atomic E-state index is 0.00555. The van der Waals surface area contributed by atoms with Crippen LogP contribution in [0.15, 0.2) is 18.2 Å². The topological polar surface area (TPSA) is 55.6 Å². The highest BCUT2D eigenvalue weighted by Crippen LogP contribution is 2.21. The van der Waals surface area contributed by atoms with Crippen LogP contribution in [0.2, 0.25) is 5.02 Å². The molecule has 2 N–H and O–H groups in total. The normalized spacial score (nSPS) is 18.9. The molecule has 1 aliphatic rings. The number of anilines is 1. The molecule has 0 saturated carbocycles. The van der Waals surface area contributed by atoms with Crippen LogP contribution in [-0.2, 0) is 16.1 Å². The molecule has 1 amide bonds. The number of carbonyl (C=O) groups excluding carboxylic acids is 1. The zero-order valence-electron chi connectivity index (χ0n) is 10.4. The summed E-state index contributed by atoms with van der Waals surface area (Å²) in [5, 5.41) is 0.621. The first-order chi connectivity index (χ1) is 8.58. The lowest BCUT2D eigenvalue weighted by Gasteiger charge is -2.21. The predicted octanol–water partition coefficient (Wildman–Crippen LogP) is 2.06. The van der Waals surface area contributed by atoms with Crippen LogP contribution in [0.1, 0.15) is 18.4 Å². The number of likely N-dealkylation sites (N-methyl/N-ethyl adjacent to an activating group) is 1. The van der Waals surface area contributed by atoms with Gasteiger partial charge in [0.1, 0.15) is 6.10 Å². The number of nitrogen functional groups attached to an aromatic ring is 1. The monoisotopic (exact) mass is 268 g/mol. The average Bonchev–Trinajstić information content (AvgIpc) is 2.86. The lowest BCUT2D eigenvalue weighted by atomic mass is 10.1. The lowest BCUT2D eigenvalue weighted by Crippen LogP contribution is -2.35. The number of ether oxygens (including phenoxy) is 1. The molecule has 1 aliphatic heterocycles. The third-order valence-corrected chi connectivity index (χ3v) is 3.43. The Morgan fingerprint density at radius 1 is 1.61 bits per heavy atom. The predicted molar refractivity (Wildman–Crippen MR) is 71.3 cm³/mol. The molecule has 0 spiro atoms. The van der Waals surface area contributed by atoms with Crippen LogP contribution in [0.25, 0.3) is 0 Å². The van der Waals surface area contributed by atoms with E-state index in [1.807, 2.05) is 0 Å². The van der Waals surface area contributed by atoms with Crippen molar-refractivity contribution in [3.63, 3.8) is 0 Å². The number of rotatable bonds is 3. The molecule has 0 aliphatic carbocycles. The molecule has 18 heavy (non-hydrogen) atoms. The van der Waals surface area contributed by atoms with Crippen LogP contribution in [-0.4, -0.2) is 30.6 Å². The quantitative estimate of drug-likeness (QED) is 0.854. The fourth-order valence-electron chi connectivity index (χ4n) is 2.07. The summed E-state index contributed by atoms with van der Waals surface area (Å²) in [6, 6.07) is 5.28. The lowest BCUT2D eigenvalue weighted by molar-refractivity contribution is -0.140. The summed E-state index contributed by atoms with van der Waals surface area (Å²) in [5.74, 6) is 0.00555. The van der Waals surface area contributed by atoms with Gasteiger partial charge in [-0.05, 0) is 36.6 Å². The van der Waals surface area contributed by atoms with E-state index in [4.69, 9.17) is 22.1 Å². The summed E-state index contributed by atoms with van der Waals surface area (Å²) in [6.07, 6.45) is 1.45. The van der Waals surface area contributed by atoms with E-state index in [1.54, 1.807) is 30.1 Å². The van der Waals surface area contributed by atoms with Crippen molar-refractivity contribution in [2.24, 2.45) is 0 Å². The van der Waals surface area contributed by atoms with Crippen molar-refractivity contribution >= 4 is 23.2 Å². The van der Waals surface area contributed by atoms with Crippen molar-refractivity contribution in [2.45, 2.75) is 25.5 Å². The summed E-state index contributed by atoms with van der Waals surface area (Å²) >= 11 is 6.08. The van der Waals surface area contributed by atoms with E-state index in [9.17, 15) is 4.79 Å². The maximum atomic E-state index is 12.1. The molecule has 1 heterocycles. The zero-order valence-corrected chi connectivity index (χ0v) is 11.1. The maximum absolute atomic E-state index is 12.1. The Morgan fingerprint density at radius 2 is 2.39 bits per heavy atom. The molecular weight excluding hydrogens is 252 g/mol. The molecule has 1 unspecified atom stereocenters. The highest BCUT2D eigenvalue weighted by atomic mass is 35.5. The highest BCUT2D eigenvalue weighted by Gasteiger charge is 2.26. The summed E-state index contributed by atoms with van der Waals surface area (Å²) in [4.78, 5) is 13.7. The maximum Gasteiger partial charge on any atom is 0.251 e. The smallest absolute Gasteiger partial charge is 0.251 e. The Bertz CT molecular complexity index is 445. The molecular formula is C13H17ClN2O2. The van der Waals surface area contributed by atoms with Crippen molar-refractivity contribution in [1.82, 2.24) is 4.90 Å². The van der Waals surface area contributed by atoms with Gasteiger partial charge in [-0.15, -0.1) is 0 Å². The van der Waals surface area contributed by atoms with Crippen LogP contribution in [0.5, 0.6) is 0 Å². The SMILES string of the molecule is CN(Cc1cc(N)ccc1Cl)C(=O)C1CCCO1. The third-order valence-electron chi connectivity index (χ3n) is 3.06. The molecule has 5 heteroatoms. The Labute approximate surface area is 112 Å². The van der Waals surface area contributed by atoms with Crippen molar-refractivity contribution in [2.75, 3.05) is 19.4 Å². The number of halogens is 1. The molecule has 1 atom stereocenters. The van der Waals surface area contributed by atoms with Gasteiger partial charge in [-0.3, -0.25) is 4.79 Å². The van der Waals surface area contributed by atoms with Crippen molar-refractivity contribution in [3.8, 4) is 0 Å². The summed E-state index contributed by atoms with van der Waals surface area (Å²) in [7, 11) is 1.75. The molecule has 2 rings (SSSR count). The Hall–Kier alpha value is -1.26. The fraction of sp³-hybridized carbons (Fsp3) is 0.462. The van der Waals surface area contributed by atoms with Crippen LogP contribution in [0.3, 0.4) is 0 Å². The second kappa shape index (κ2) is 5.59. The number of hydrogen-bond acceptors (Lipinski definition) is 3. The first-order valence-electron chi connectivity index (χ1n) is 5.98. The Balaban J connectivity index is 2.03. The Morgan fingerprint density at radius 3 is 3.06 bits per heavy atom. The summed E-state index contributed by atoms with van der Waals surface area (Å²) < 4.78 is 5.38. The standard InChI is InChI=1S/C13H17ClN2O2/c1-16(13(17)12-3-2-6-18-12)8-9-7-10(15)4-5-11(9)14/h4-5,7,12H,2-3,6,8,15H2,1H3. The van der Waals surface area contributed by atoms with Crippen molar-refractivity contribution in [1.29, 1.82) is 0 Å². The van der Waals surface area contributed by atoms with E-state index >= 15 is 0 Å². The number of nitrogens with two attached hydrogens (primary N) is 1. The van der Waals surface area contributed by atoms with E-state index in [0.717, 1.165) is 18.4 Å². The minimum atomic E-state index is -0.296. The van der Waals surface area contributed by atoms with Crippen LogP contribution < -0.4 is 5.73 Å². The second-order valence-electron chi connectivity index (χ2n) is 4.55. The van der Waals surface area contributed by atoms with Crippen molar-refractivity contribution < 1.29 is 9.53 Å². The van der Waals surface area contributed by atoms with Gasteiger partial charge < -0.3 is 15.4 Å². The third kappa shape index (κ3) is 2.94. The molecule has 1 aromatic carbocycles. The molecule has 1 fully saturated rings. The van der Waals surface area contributed by atoms with E-state index < -0.39 is 0 Å². The number of carbonyl (C=O) groups is 1. The van der Waals surface area contributed by atoms with Gasteiger partial charge in [0.15, 0.2) is 0 Å². The molecule has 1 aromatic rings. The van der Waals surface area contributed by atoms with Crippen LogP contribution >= 0.6 is 11.6 Å². The summed E-state index contributed by atoms with van der Waals surface area (Å²) in [5.41, 5.74) is 7.21. The van der Waals surface area contributed by atoms with Gasteiger partial charge in [-0.1, -0.05) is 11.6 Å². The number of amides is 1. The van der Waals surface area contributed by atoms with Gasteiger partial charge in [0, 0.05) is 30.9 Å². The van der Waals surface area contributed by atoms with Gasteiger partial charge in [0.25, 0.3) is 5.91 Å². The summed E-state index contributed by atoms with van der Waals surface area (Å²) in [6.45, 7) is 1.12. The van der Waals surface area contributed by atoms with E-state index in [2.05, 4.69) is 0 Å². The van der Waals surface area contributed by atoms with Gasteiger partial charge in [0.2, 0.25) is 0 Å². The minimum Gasteiger partial charge on any atom is -0.399 e. The largest absolute Gasteiger partial charge is 0.399 e. The number of nitrogens with zero attached hydrogens (tertiary/aromatic N) is 1. The zero-order chi connectivity index (χ0) is 13.1. The van der Waals surface area contributed by atoms with Crippen molar-refractivity contribution in [3.05, 3.63) is 28.8 Å². The van der Waals surface area contributed by atoms with Crippen LogP contribution in [0, 0.1) is 0 Å². The molecule has 0 bridgehead atoms. The first-order valence-corrected chi connectivity index (χ1v) is 6.36. The van der Waals surface area contributed by atoms with Gasteiger partial charge in [-0.25, -0.2) is 0 Å². The van der Waals surface area contributed by atoms with E-state index in [0.29, 0.717) is 23.9 Å². The van der Waals surface area contributed by atoms with E-state index in [-0.39, 0.29) is 12.0 Å². The molecule has 0 aromatic heterocycles. The fourth-order valence-corrected chi connectivity index (χ4v) is 2.24. The number of hydrogen-bond donors (Lipinski definition) is 1. The number of benzene rings is 1. The average molecular weight is 269 g/mol. The highest BCUT2D eigenvalue weighted by molar-refractivity contribution is 6.31. The second-order valence-corrected chi connectivity index (χ2v) is 4.95. The Kier molecular flexibility index (Phi) is 4.09. The van der Waals surface area contributed by atoms with Gasteiger partial charge in [-0.2, -0.15) is 0 Å². The molecule has 4 nitrogen and oxygen atoms in total. The van der Waals surface area contributed by atoms with Crippen LogP contribution in [0.4, 0.5) is 5.69 Å². The molecule has 98 valence electrons. The van der Waals surface area contributed by atoms with E-state index in [1.165, 1.54) is 0 Å². The van der Waals surface area contributed by atoms with Gasteiger partial charge >= 0.3 is 0 Å². The molecule has 0 radical (unpaired) electrons. The molecule has 1 saturated heterocycles. The first kappa shape index (κ1) is 13.2.